The van der Waals surface area contributed by atoms with Gasteiger partial charge in [-0.25, -0.2) is 8.78 Å². The Morgan fingerprint density at radius 3 is 2.63 bits per heavy atom. The molecule has 154 valence electrons. The fourth-order valence-corrected chi connectivity index (χ4v) is 2.99. The van der Waals surface area contributed by atoms with Crippen molar-refractivity contribution in [3.8, 4) is 17.6 Å². The van der Waals surface area contributed by atoms with Gasteiger partial charge in [-0.05, 0) is 54.3 Å². The van der Waals surface area contributed by atoms with Crippen LogP contribution in [0.1, 0.15) is 28.9 Å². The summed E-state index contributed by atoms with van der Waals surface area (Å²) in [4.78, 5) is 0. The first kappa shape index (κ1) is 21.3. The summed E-state index contributed by atoms with van der Waals surface area (Å²) in [5, 5.41) is 20.4. The number of ether oxygens (including phenoxy) is 2. The minimum atomic E-state index is -2.79. The maximum Gasteiger partial charge on any atom is 0.299 e. The van der Waals surface area contributed by atoms with Gasteiger partial charge in [-0.3, -0.25) is 0 Å². The lowest BCUT2D eigenvalue weighted by atomic mass is 10.1. The van der Waals surface area contributed by atoms with Crippen LogP contribution in [0.2, 0.25) is 0 Å². The van der Waals surface area contributed by atoms with E-state index in [1.807, 2.05) is 6.07 Å². The van der Waals surface area contributed by atoms with Gasteiger partial charge in [-0.15, -0.1) is 10.2 Å². The number of thioether (sulfide) groups is 1. The van der Waals surface area contributed by atoms with Gasteiger partial charge in [0.25, 0.3) is 6.43 Å². The quantitative estimate of drug-likeness (QED) is 0.393. The van der Waals surface area contributed by atoms with Gasteiger partial charge >= 0.3 is 0 Å². The van der Waals surface area contributed by atoms with Crippen molar-refractivity contribution < 1.29 is 18.3 Å². The Morgan fingerprint density at radius 2 is 2.00 bits per heavy atom. The Hall–Kier alpha value is -3.45. The number of benzene rings is 2. The molecule has 7 nitrogen and oxygen atoms in total. The van der Waals surface area contributed by atoms with E-state index in [0.29, 0.717) is 22.6 Å². The first-order valence-corrected chi connectivity index (χ1v) is 9.90. The van der Waals surface area contributed by atoms with Crippen LogP contribution in [0.25, 0.3) is 0 Å². The summed E-state index contributed by atoms with van der Waals surface area (Å²) in [7, 11) is 1.55. The van der Waals surface area contributed by atoms with Crippen molar-refractivity contribution >= 4 is 18.0 Å². The molecule has 1 aromatic heterocycles. The maximum absolute atomic E-state index is 13.1. The molecule has 10 heteroatoms. The number of methoxy groups -OCH3 is 1. The van der Waals surface area contributed by atoms with Gasteiger partial charge in [0.15, 0.2) is 0 Å². The lowest BCUT2D eigenvalue weighted by Gasteiger charge is -2.11. The number of hydrogen-bond donors (Lipinski definition) is 0. The SMILES string of the molecule is COc1ccc(/C=N/n2c(SC)nnc2C(F)F)cc1COc1ccc(C#N)cc1. The van der Waals surface area contributed by atoms with Crippen molar-refractivity contribution in [2.45, 2.75) is 18.2 Å². The molecule has 0 saturated heterocycles. The smallest absolute Gasteiger partial charge is 0.299 e. The van der Waals surface area contributed by atoms with E-state index < -0.39 is 12.2 Å². The summed E-state index contributed by atoms with van der Waals surface area (Å²) in [6.45, 7) is 0.210. The van der Waals surface area contributed by atoms with E-state index in [1.165, 1.54) is 18.0 Å². The van der Waals surface area contributed by atoms with E-state index in [9.17, 15) is 8.78 Å². The second-order valence-corrected chi connectivity index (χ2v) is 6.67. The van der Waals surface area contributed by atoms with Crippen LogP contribution in [-0.4, -0.2) is 34.5 Å². The Kier molecular flexibility index (Phi) is 6.98. The predicted octanol–water partition coefficient (Wildman–Crippen LogP) is 4.28. The zero-order chi connectivity index (χ0) is 21.5. The predicted molar refractivity (Wildman–Crippen MR) is 108 cm³/mol. The summed E-state index contributed by atoms with van der Waals surface area (Å²) < 4.78 is 38.4. The average molecular weight is 429 g/mol. The molecule has 1 heterocycles. The van der Waals surface area contributed by atoms with Crippen molar-refractivity contribution in [1.82, 2.24) is 14.9 Å². The van der Waals surface area contributed by atoms with Crippen molar-refractivity contribution in [2.24, 2.45) is 5.10 Å². The molecule has 3 rings (SSSR count). The Labute approximate surface area is 176 Å². The summed E-state index contributed by atoms with van der Waals surface area (Å²) in [5.41, 5.74) is 1.95. The second-order valence-electron chi connectivity index (χ2n) is 5.90. The molecule has 0 saturated carbocycles. The van der Waals surface area contributed by atoms with Gasteiger partial charge in [0, 0.05) is 5.56 Å². The summed E-state index contributed by atoms with van der Waals surface area (Å²) in [6, 6.07) is 14.1. The highest BCUT2D eigenvalue weighted by Gasteiger charge is 2.19. The Morgan fingerprint density at radius 1 is 1.23 bits per heavy atom. The fraction of sp³-hybridized carbons (Fsp3) is 0.200. The van der Waals surface area contributed by atoms with Gasteiger partial charge in [0.2, 0.25) is 11.0 Å². The minimum Gasteiger partial charge on any atom is -0.496 e. The zero-order valence-corrected chi connectivity index (χ0v) is 16.9. The first-order chi connectivity index (χ1) is 14.5. The zero-order valence-electron chi connectivity index (χ0n) is 16.1. The monoisotopic (exact) mass is 429 g/mol. The largest absolute Gasteiger partial charge is 0.496 e. The molecular formula is C20H17F2N5O2S. The van der Waals surface area contributed by atoms with Gasteiger partial charge in [0.05, 0.1) is 25.0 Å². The van der Waals surface area contributed by atoms with E-state index in [2.05, 4.69) is 15.3 Å². The van der Waals surface area contributed by atoms with E-state index in [-0.39, 0.29) is 11.8 Å². The highest BCUT2D eigenvalue weighted by atomic mass is 32.2. The third-order valence-electron chi connectivity index (χ3n) is 4.02. The number of nitrogens with zero attached hydrogens (tertiary/aromatic N) is 5. The van der Waals surface area contributed by atoms with Crippen LogP contribution in [0, 0.1) is 11.3 Å². The summed E-state index contributed by atoms with van der Waals surface area (Å²) in [5.74, 6) is 0.697. The number of rotatable bonds is 8. The Bertz CT molecular complexity index is 1080. The number of hydrogen-bond acceptors (Lipinski definition) is 7. The van der Waals surface area contributed by atoms with Crippen LogP contribution in [0.4, 0.5) is 8.78 Å². The first-order valence-electron chi connectivity index (χ1n) is 8.67. The lowest BCUT2D eigenvalue weighted by Crippen LogP contribution is -2.02. The molecular weight excluding hydrogens is 412 g/mol. The topological polar surface area (TPSA) is 85.3 Å². The number of aromatic nitrogens is 3. The van der Waals surface area contributed by atoms with Gasteiger partial charge in [-0.1, -0.05) is 11.8 Å². The van der Waals surface area contributed by atoms with Crippen LogP contribution in [0.3, 0.4) is 0 Å². The van der Waals surface area contributed by atoms with E-state index in [1.54, 1.807) is 55.8 Å². The van der Waals surface area contributed by atoms with Crippen molar-refractivity contribution in [3.63, 3.8) is 0 Å². The number of alkyl halides is 2. The normalized spacial score (nSPS) is 11.1. The molecule has 0 spiro atoms. The van der Waals surface area contributed by atoms with Gasteiger partial charge in [-0.2, -0.15) is 15.0 Å². The molecule has 0 aliphatic heterocycles. The van der Waals surface area contributed by atoms with Gasteiger partial charge in [0.1, 0.15) is 18.1 Å². The molecule has 0 amide bonds. The summed E-state index contributed by atoms with van der Waals surface area (Å²) in [6.07, 6.45) is 0.361. The molecule has 0 N–H and O–H groups in total. The van der Waals surface area contributed by atoms with Crippen LogP contribution < -0.4 is 9.47 Å². The molecule has 3 aromatic rings. The second kappa shape index (κ2) is 9.84. The van der Waals surface area contributed by atoms with Crippen LogP contribution in [-0.2, 0) is 6.61 Å². The molecule has 0 bridgehead atoms. The lowest BCUT2D eigenvalue weighted by molar-refractivity contribution is 0.135. The highest BCUT2D eigenvalue weighted by molar-refractivity contribution is 7.98. The molecule has 0 fully saturated rings. The van der Waals surface area contributed by atoms with E-state index >= 15 is 0 Å². The molecule has 0 aliphatic rings. The van der Waals surface area contributed by atoms with Gasteiger partial charge < -0.3 is 9.47 Å². The molecule has 0 aliphatic carbocycles. The summed E-state index contributed by atoms with van der Waals surface area (Å²) >= 11 is 1.17. The number of nitriles is 1. The van der Waals surface area contributed by atoms with Crippen LogP contribution in [0.15, 0.2) is 52.7 Å². The van der Waals surface area contributed by atoms with E-state index in [4.69, 9.17) is 14.7 Å². The average Bonchev–Trinajstić information content (AvgIpc) is 3.20. The van der Waals surface area contributed by atoms with Crippen LogP contribution in [0.5, 0.6) is 11.5 Å². The molecule has 0 atom stereocenters. The van der Waals surface area contributed by atoms with Crippen LogP contribution >= 0.6 is 11.8 Å². The highest BCUT2D eigenvalue weighted by Crippen LogP contribution is 2.24. The molecule has 0 radical (unpaired) electrons. The van der Waals surface area contributed by atoms with Crippen molar-refractivity contribution in [1.29, 1.82) is 5.26 Å². The third-order valence-corrected chi connectivity index (χ3v) is 4.64. The molecule has 0 unspecified atom stereocenters. The fourth-order valence-electron chi connectivity index (χ4n) is 2.55. The third kappa shape index (κ3) is 4.93. The maximum atomic E-state index is 13.1. The van der Waals surface area contributed by atoms with Crippen molar-refractivity contribution in [3.05, 3.63) is 65.0 Å². The minimum absolute atomic E-state index is 0.210. The standard InChI is InChI=1S/C20H17F2N5O2S/c1-28-17-8-5-14(11-24-27-19(18(21)22)25-26-20(27)30-2)9-15(17)12-29-16-6-3-13(10-23)4-7-16/h3-9,11,18H,12H2,1-2H3/b24-11+. The molecule has 30 heavy (non-hydrogen) atoms. The Balaban J connectivity index is 1.81. The molecule has 2 aromatic carbocycles. The number of halogens is 2. The van der Waals surface area contributed by atoms with E-state index in [0.717, 1.165) is 10.2 Å². The van der Waals surface area contributed by atoms with Crippen molar-refractivity contribution in [2.75, 3.05) is 13.4 Å².